The summed E-state index contributed by atoms with van der Waals surface area (Å²) in [5, 5.41) is 6.46. The standard InChI is InChI=1S/C14H15FN2O3/c1-9-11(10(2)20-17-9)7-16-14(18)8-19-13-6-4-3-5-12(13)15/h3-6H,7-8H2,1-2H3,(H,16,18). The van der Waals surface area contributed by atoms with Crippen LogP contribution >= 0.6 is 0 Å². The van der Waals surface area contributed by atoms with Gasteiger partial charge in [0, 0.05) is 12.1 Å². The van der Waals surface area contributed by atoms with E-state index in [1.807, 2.05) is 0 Å². The van der Waals surface area contributed by atoms with Gasteiger partial charge >= 0.3 is 0 Å². The highest BCUT2D eigenvalue weighted by molar-refractivity contribution is 5.77. The SMILES string of the molecule is Cc1noc(C)c1CNC(=O)COc1ccccc1F. The Morgan fingerprint density at radius 3 is 2.80 bits per heavy atom. The Morgan fingerprint density at radius 2 is 2.15 bits per heavy atom. The molecule has 0 atom stereocenters. The summed E-state index contributed by atoms with van der Waals surface area (Å²) in [6, 6.07) is 5.94. The fraction of sp³-hybridized carbons (Fsp3) is 0.286. The summed E-state index contributed by atoms with van der Waals surface area (Å²) < 4.78 is 23.4. The molecule has 1 aromatic carbocycles. The molecule has 6 heteroatoms. The van der Waals surface area contributed by atoms with E-state index >= 15 is 0 Å². The number of benzene rings is 1. The maximum atomic E-state index is 13.3. The van der Waals surface area contributed by atoms with Crippen molar-refractivity contribution in [1.82, 2.24) is 10.5 Å². The number of halogens is 1. The van der Waals surface area contributed by atoms with E-state index in [1.165, 1.54) is 12.1 Å². The first-order valence-electron chi connectivity index (χ1n) is 6.13. The number of hydrogen-bond donors (Lipinski definition) is 1. The van der Waals surface area contributed by atoms with Crippen molar-refractivity contribution < 1.29 is 18.4 Å². The average molecular weight is 278 g/mol. The van der Waals surface area contributed by atoms with Crippen molar-refractivity contribution in [2.45, 2.75) is 20.4 Å². The van der Waals surface area contributed by atoms with Crippen LogP contribution in [0.4, 0.5) is 4.39 Å². The van der Waals surface area contributed by atoms with Crippen molar-refractivity contribution in [2.75, 3.05) is 6.61 Å². The third kappa shape index (κ3) is 3.34. The van der Waals surface area contributed by atoms with E-state index < -0.39 is 5.82 Å². The van der Waals surface area contributed by atoms with Gasteiger partial charge in [0.05, 0.1) is 5.69 Å². The number of aromatic nitrogens is 1. The highest BCUT2D eigenvalue weighted by atomic mass is 19.1. The van der Waals surface area contributed by atoms with Gasteiger partial charge in [0.15, 0.2) is 18.2 Å². The van der Waals surface area contributed by atoms with Gasteiger partial charge < -0.3 is 14.6 Å². The molecule has 1 N–H and O–H groups in total. The smallest absolute Gasteiger partial charge is 0.258 e. The van der Waals surface area contributed by atoms with Crippen molar-refractivity contribution in [3.05, 3.63) is 47.1 Å². The van der Waals surface area contributed by atoms with Crippen LogP contribution in [0.3, 0.4) is 0 Å². The van der Waals surface area contributed by atoms with Crippen molar-refractivity contribution in [3.8, 4) is 5.75 Å². The van der Waals surface area contributed by atoms with Gasteiger partial charge in [-0.1, -0.05) is 17.3 Å². The third-order valence-electron chi connectivity index (χ3n) is 2.84. The second-order valence-corrected chi connectivity index (χ2v) is 4.30. The predicted octanol–water partition coefficient (Wildman–Crippen LogP) is 2.13. The van der Waals surface area contributed by atoms with Crippen LogP contribution < -0.4 is 10.1 Å². The summed E-state index contributed by atoms with van der Waals surface area (Å²) in [4.78, 5) is 11.6. The Bertz CT molecular complexity index is 591. The summed E-state index contributed by atoms with van der Waals surface area (Å²) in [6.45, 7) is 3.64. The van der Waals surface area contributed by atoms with Crippen molar-refractivity contribution in [2.24, 2.45) is 0 Å². The van der Waals surface area contributed by atoms with E-state index in [0.717, 1.165) is 11.3 Å². The Morgan fingerprint density at radius 1 is 1.40 bits per heavy atom. The zero-order valence-electron chi connectivity index (χ0n) is 11.3. The van der Waals surface area contributed by atoms with Gasteiger partial charge in [-0.05, 0) is 26.0 Å². The van der Waals surface area contributed by atoms with E-state index in [0.29, 0.717) is 12.3 Å². The molecule has 2 rings (SSSR count). The number of nitrogens with one attached hydrogen (secondary N) is 1. The summed E-state index contributed by atoms with van der Waals surface area (Å²) in [5.41, 5.74) is 1.57. The fourth-order valence-corrected chi connectivity index (χ4v) is 1.70. The number of rotatable bonds is 5. The molecule has 1 amide bonds. The first kappa shape index (κ1) is 14.0. The lowest BCUT2D eigenvalue weighted by molar-refractivity contribution is -0.123. The summed E-state index contributed by atoms with van der Waals surface area (Å²) in [6.07, 6.45) is 0. The van der Waals surface area contributed by atoms with Gasteiger partial charge in [0.2, 0.25) is 0 Å². The van der Waals surface area contributed by atoms with E-state index in [9.17, 15) is 9.18 Å². The minimum atomic E-state index is -0.494. The van der Waals surface area contributed by atoms with Crippen LogP contribution in [0.25, 0.3) is 0 Å². The monoisotopic (exact) mass is 278 g/mol. The number of nitrogens with zero attached hydrogens (tertiary/aromatic N) is 1. The number of ether oxygens (including phenoxy) is 1. The van der Waals surface area contributed by atoms with Crippen molar-refractivity contribution in [3.63, 3.8) is 0 Å². The van der Waals surface area contributed by atoms with E-state index in [1.54, 1.807) is 26.0 Å². The molecular formula is C14H15FN2O3. The molecule has 0 fully saturated rings. The minimum absolute atomic E-state index is 0.0555. The molecule has 1 heterocycles. The zero-order valence-corrected chi connectivity index (χ0v) is 11.3. The lowest BCUT2D eigenvalue weighted by atomic mass is 10.2. The van der Waals surface area contributed by atoms with Crippen LogP contribution in [0.1, 0.15) is 17.0 Å². The molecule has 20 heavy (non-hydrogen) atoms. The number of carbonyl (C=O) groups is 1. The Hall–Kier alpha value is -2.37. The second kappa shape index (κ2) is 6.18. The maximum Gasteiger partial charge on any atom is 0.258 e. The lowest BCUT2D eigenvalue weighted by Crippen LogP contribution is -2.28. The third-order valence-corrected chi connectivity index (χ3v) is 2.84. The van der Waals surface area contributed by atoms with Crippen molar-refractivity contribution in [1.29, 1.82) is 0 Å². The van der Waals surface area contributed by atoms with Crippen LogP contribution in [0.2, 0.25) is 0 Å². The highest BCUT2D eigenvalue weighted by Gasteiger charge is 2.11. The molecule has 5 nitrogen and oxygen atoms in total. The topological polar surface area (TPSA) is 64.4 Å². The fourth-order valence-electron chi connectivity index (χ4n) is 1.70. The molecule has 106 valence electrons. The molecule has 0 spiro atoms. The van der Waals surface area contributed by atoms with Gasteiger partial charge in [-0.15, -0.1) is 0 Å². The van der Waals surface area contributed by atoms with Crippen LogP contribution in [0, 0.1) is 19.7 Å². The van der Waals surface area contributed by atoms with Gasteiger partial charge in [-0.2, -0.15) is 0 Å². The van der Waals surface area contributed by atoms with Crippen LogP contribution in [-0.4, -0.2) is 17.7 Å². The normalized spacial score (nSPS) is 10.3. The lowest BCUT2D eigenvalue weighted by Gasteiger charge is -2.07. The van der Waals surface area contributed by atoms with Crippen LogP contribution in [0.5, 0.6) is 5.75 Å². The number of hydrogen-bond acceptors (Lipinski definition) is 4. The number of aryl methyl sites for hydroxylation is 2. The number of para-hydroxylation sites is 1. The number of carbonyl (C=O) groups excluding carboxylic acids is 1. The molecule has 0 aliphatic heterocycles. The molecule has 2 aromatic rings. The Balaban J connectivity index is 1.83. The Kier molecular flexibility index (Phi) is 4.34. The van der Waals surface area contributed by atoms with E-state index in [2.05, 4.69) is 10.5 Å². The Labute approximate surface area is 115 Å². The summed E-state index contributed by atoms with van der Waals surface area (Å²) in [7, 11) is 0. The second-order valence-electron chi connectivity index (χ2n) is 4.30. The van der Waals surface area contributed by atoms with Crippen LogP contribution in [-0.2, 0) is 11.3 Å². The van der Waals surface area contributed by atoms with Gasteiger partial charge in [-0.25, -0.2) is 4.39 Å². The molecular weight excluding hydrogens is 263 g/mol. The first-order valence-corrected chi connectivity index (χ1v) is 6.13. The molecule has 1 aromatic heterocycles. The predicted molar refractivity (Wildman–Crippen MR) is 69.7 cm³/mol. The van der Waals surface area contributed by atoms with Crippen LogP contribution in [0.15, 0.2) is 28.8 Å². The highest BCUT2D eigenvalue weighted by Crippen LogP contribution is 2.15. The van der Waals surface area contributed by atoms with E-state index in [4.69, 9.17) is 9.26 Å². The molecule has 0 unspecified atom stereocenters. The molecule has 0 radical (unpaired) electrons. The minimum Gasteiger partial charge on any atom is -0.481 e. The van der Waals surface area contributed by atoms with Gasteiger partial charge in [0.25, 0.3) is 5.91 Å². The average Bonchev–Trinajstić information content (AvgIpc) is 2.75. The molecule has 0 aliphatic carbocycles. The largest absolute Gasteiger partial charge is 0.481 e. The van der Waals surface area contributed by atoms with E-state index in [-0.39, 0.29) is 18.3 Å². The van der Waals surface area contributed by atoms with Gasteiger partial charge in [-0.3, -0.25) is 4.79 Å². The first-order chi connectivity index (χ1) is 9.58. The summed E-state index contributed by atoms with van der Waals surface area (Å²) >= 11 is 0. The van der Waals surface area contributed by atoms with Gasteiger partial charge in [0.1, 0.15) is 5.76 Å². The molecule has 0 saturated carbocycles. The number of amides is 1. The molecule has 0 aliphatic rings. The quantitative estimate of drug-likeness (QED) is 0.910. The summed E-state index contributed by atoms with van der Waals surface area (Å²) in [5.74, 6) is -0.114. The van der Waals surface area contributed by atoms with Crippen molar-refractivity contribution >= 4 is 5.91 Å². The molecule has 0 saturated heterocycles. The maximum absolute atomic E-state index is 13.3. The zero-order chi connectivity index (χ0) is 14.5. The molecule has 0 bridgehead atoms.